The Bertz CT molecular complexity index is 703. The Morgan fingerprint density at radius 2 is 1.75 bits per heavy atom. The van der Waals surface area contributed by atoms with Gasteiger partial charge in [-0.25, -0.2) is 4.98 Å². The molecule has 2 aromatic carbocycles. The Hall–Kier alpha value is -2.13. The van der Waals surface area contributed by atoms with Crippen LogP contribution in [0.3, 0.4) is 0 Å². The lowest BCUT2D eigenvalue weighted by Gasteiger charge is -2.12. The third kappa shape index (κ3) is 2.45. The molecule has 1 unspecified atom stereocenters. The van der Waals surface area contributed by atoms with Gasteiger partial charge in [0.25, 0.3) is 0 Å². The van der Waals surface area contributed by atoms with E-state index in [1.807, 2.05) is 55.5 Å². The van der Waals surface area contributed by atoms with Crippen molar-refractivity contribution in [1.29, 1.82) is 0 Å². The summed E-state index contributed by atoms with van der Waals surface area (Å²) in [4.78, 5) is 4.55. The minimum atomic E-state index is -0.434. The number of benzene rings is 2. The quantitative estimate of drug-likeness (QED) is 0.785. The van der Waals surface area contributed by atoms with Crippen molar-refractivity contribution in [2.24, 2.45) is 0 Å². The monoisotopic (exact) mass is 266 g/mol. The van der Waals surface area contributed by atoms with E-state index in [9.17, 15) is 5.11 Å². The molecule has 1 atom stereocenters. The Labute approximate surface area is 118 Å². The van der Waals surface area contributed by atoms with E-state index < -0.39 is 6.10 Å². The third-order valence-corrected chi connectivity index (χ3v) is 3.66. The van der Waals surface area contributed by atoms with Crippen molar-refractivity contribution >= 4 is 11.0 Å². The van der Waals surface area contributed by atoms with Crippen LogP contribution in [0.2, 0.25) is 0 Å². The summed E-state index contributed by atoms with van der Waals surface area (Å²) in [7, 11) is 0. The van der Waals surface area contributed by atoms with Gasteiger partial charge in [0.1, 0.15) is 5.82 Å². The van der Waals surface area contributed by atoms with Crippen molar-refractivity contribution in [3.8, 4) is 0 Å². The fourth-order valence-electron chi connectivity index (χ4n) is 2.57. The van der Waals surface area contributed by atoms with Crippen molar-refractivity contribution < 1.29 is 5.11 Å². The summed E-state index contributed by atoms with van der Waals surface area (Å²) in [5.74, 6) is 0.992. The highest BCUT2D eigenvalue weighted by molar-refractivity contribution is 5.75. The van der Waals surface area contributed by atoms with Gasteiger partial charge in [-0.1, -0.05) is 42.5 Å². The van der Waals surface area contributed by atoms with Gasteiger partial charge in [0.2, 0.25) is 0 Å². The van der Waals surface area contributed by atoms with Crippen molar-refractivity contribution in [2.45, 2.75) is 26.0 Å². The fourth-order valence-corrected chi connectivity index (χ4v) is 2.57. The van der Waals surface area contributed by atoms with Crippen LogP contribution in [0.25, 0.3) is 11.0 Å². The lowest BCUT2D eigenvalue weighted by atomic mass is 10.1. The van der Waals surface area contributed by atoms with Crippen LogP contribution in [0.15, 0.2) is 54.6 Å². The molecule has 3 nitrogen and oxygen atoms in total. The predicted octanol–water partition coefficient (Wildman–Crippen LogP) is 3.47. The average molecular weight is 266 g/mol. The number of imidazole rings is 1. The van der Waals surface area contributed by atoms with Gasteiger partial charge in [-0.3, -0.25) is 0 Å². The predicted molar refractivity (Wildman–Crippen MR) is 80.5 cm³/mol. The van der Waals surface area contributed by atoms with Crippen LogP contribution >= 0.6 is 0 Å². The van der Waals surface area contributed by atoms with E-state index >= 15 is 0 Å². The summed E-state index contributed by atoms with van der Waals surface area (Å²) in [5, 5.41) is 10.2. The first kappa shape index (κ1) is 12.9. The molecule has 1 N–H and O–H groups in total. The fraction of sp³-hybridized carbons (Fsp3) is 0.235. The number of hydrogen-bond donors (Lipinski definition) is 1. The molecular formula is C17H18N2O. The SMILES string of the molecule is Cc1nc2ccccc2n1CCC(O)c1ccccc1. The molecule has 0 aliphatic carbocycles. The number of aromatic nitrogens is 2. The largest absolute Gasteiger partial charge is 0.388 e. The number of hydrogen-bond acceptors (Lipinski definition) is 2. The maximum absolute atomic E-state index is 10.2. The maximum atomic E-state index is 10.2. The zero-order valence-corrected chi connectivity index (χ0v) is 11.5. The molecule has 3 rings (SSSR count). The van der Waals surface area contributed by atoms with Crippen molar-refractivity contribution in [2.75, 3.05) is 0 Å². The van der Waals surface area contributed by atoms with E-state index in [0.29, 0.717) is 6.42 Å². The highest BCUT2D eigenvalue weighted by Gasteiger charge is 2.10. The van der Waals surface area contributed by atoms with Gasteiger partial charge in [-0.15, -0.1) is 0 Å². The highest BCUT2D eigenvalue weighted by Crippen LogP contribution is 2.20. The van der Waals surface area contributed by atoms with Gasteiger partial charge in [0.05, 0.1) is 17.1 Å². The Morgan fingerprint density at radius 1 is 1.05 bits per heavy atom. The minimum absolute atomic E-state index is 0.434. The van der Waals surface area contributed by atoms with Gasteiger partial charge >= 0.3 is 0 Å². The first-order chi connectivity index (χ1) is 9.75. The van der Waals surface area contributed by atoms with Crippen molar-refractivity contribution in [1.82, 2.24) is 9.55 Å². The van der Waals surface area contributed by atoms with Gasteiger partial charge < -0.3 is 9.67 Å². The second kappa shape index (κ2) is 5.47. The number of nitrogens with zero attached hydrogens (tertiary/aromatic N) is 2. The van der Waals surface area contributed by atoms with E-state index in [1.54, 1.807) is 0 Å². The summed E-state index contributed by atoms with van der Waals surface area (Å²) >= 11 is 0. The number of rotatable bonds is 4. The Kier molecular flexibility index (Phi) is 3.52. The van der Waals surface area contributed by atoms with Gasteiger partial charge in [0, 0.05) is 6.54 Å². The minimum Gasteiger partial charge on any atom is -0.388 e. The standard InChI is InChI=1S/C17H18N2O/c1-13-18-15-9-5-6-10-16(15)19(13)12-11-17(20)14-7-3-2-4-8-14/h2-10,17,20H,11-12H2,1H3. The number of fused-ring (bicyclic) bond motifs is 1. The van der Waals surface area contributed by atoms with Crippen LogP contribution in [0, 0.1) is 6.92 Å². The third-order valence-electron chi connectivity index (χ3n) is 3.66. The average Bonchev–Trinajstić information content (AvgIpc) is 2.81. The van der Waals surface area contributed by atoms with Crippen molar-refractivity contribution in [3.63, 3.8) is 0 Å². The lowest BCUT2D eigenvalue weighted by molar-refractivity contribution is 0.161. The normalized spacial score (nSPS) is 12.7. The van der Waals surface area contributed by atoms with Gasteiger partial charge in [-0.2, -0.15) is 0 Å². The topological polar surface area (TPSA) is 38.0 Å². The lowest BCUT2D eigenvalue weighted by Crippen LogP contribution is -2.06. The summed E-state index contributed by atoms with van der Waals surface area (Å²) < 4.78 is 2.17. The molecule has 0 saturated heterocycles. The van der Waals surface area contributed by atoms with E-state index in [0.717, 1.165) is 29.0 Å². The molecule has 0 aliphatic rings. The maximum Gasteiger partial charge on any atom is 0.106 e. The molecule has 20 heavy (non-hydrogen) atoms. The first-order valence-electron chi connectivity index (χ1n) is 6.90. The van der Waals surface area contributed by atoms with Crippen LogP contribution in [-0.2, 0) is 6.54 Å². The van der Waals surface area contributed by atoms with Gasteiger partial charge in [0.15, 0.2) is 0 Å². The van der Waals surface area contributed by atoms with Crippen LogP contribution in [-0.4, -0.2) is 14.7 Å². The molecule has 0 spiro atoms. The summed E-state index contributed by atoms with van der Waals surface area (Å²) in [6.07, 6.45) is 0.252. The van der Waals surface area contributed by atoms with Gasteiger partial charge in [-0.05, 0) is 31.0 Å². The number of aryl methyl sites for hydroxylation is 2. The highest BCUT2D eigenvalue weighted by atomic mass is 16.3. The molecule has 0 aliphatic heterocycles. The van der Waals surface area contributed by atoms with Crippen LogP contribution in [0.4, 0.5) is 0 Å². The smallest absolute Gasteiger partial charge is 0.106 e. The van der Waals surface area contributed by atoms with Crippen molar-refractivity contribution in [3.05, 3.63) is 66.0 Å². The van der Waals surface area contributed by atoms with E-state index in [-0.39, 0.29) is 0 Å². The molecular weight excluding hydrogens is 248 g/mol. The Morgan fingerprint density at radius 3 is 2.55 bits per heavy atom. The van der Waals surface area contributed by atoms with E-state index in [1.165, 1.54) is 0 Å². The summed E-state index contributed by atoms with van der Waals surface area (Å²) in [6, 6.07) is 17.9. The number of aliphatic hydroxyl groups excluding tert-OH is 1. The Balaban J connectivity index is 1.79. The zero-order chi connectivity index (χ0) is 13.9. The summed E-state index contributed by atoms with van der Waals surface area (Å²) in [6.45, 7) is 2.78. The number of aliphatic hydroxyl groups is 1. The molecule has 102 valence electrons. The summed E-state index contributed by atoms with van der Waals surface area (Å²) in [5.41, 5.74) is 3.11. The first-order valence-corrected chi connectivity index (χ1v) is 6.90. The second-order valence-corrected chi connectivity index (χ2v) is 5.01. The molecule has 0 radical (unpaired) electrons. The van der Waals surface area contributed by atoms with E-state index in [4.69, 9.17) is 0 Å². The molecule has 3 heteroatoms. The molecule has 1 aromatic heterocycles. The van der Waals surface area contributed by atoms with Crippen LogP contribution < -0.4 is 0 Å². The molecule has 0 amide bonds. The molecule has 0 bridgehead atoms. The zero-order valence-electron chi connectivity index (χ0n) is 11.5. The van der Waals surface area contributed by atoms with Crippen LogP contribution in [0.5, 0.6) is 0 Å². The molecule has 3 aromatic rings. The van der Waals surface area contributed by atoms with Crippen LogP contribution in [0.1, 0.15) is 23.9 Å². The molecule has 0 fully saturated rings. The number of para-hydroxylation sites is 2. The second-order valence-electron chi connectivity index (χ2n) is 5.01. The van der Waals surface area contributed by atoms with E-state index in [2.05, 4.69) is 15.6 Å². The molecule has 0 saturated carbocycles. The molecule has 1 heterocycles.